The number of anilines is 2. The molecule has 0 unspecified atom stereocenters. The summed E-state index contributed by atoms with van der Waals surface area (Å²) in [6, 6.07) is 25.5. The lowest BCUT2D eigenvalue weighted by Crippen LogP contribution is -2.38. The molecule has 0 fully saturated rings. The van der Waals surface area contributed by atoms with Crippen molar-refractivity contribution in [1.82, 2.24) is 5.32 Å². The Bertz CT molecular complexity index is 1700. The van der Waals surface area contributed by atoms with Crippen LogP contribution in [0, 0.1) is 13.8 Å². The monoisotopic (exact) mass is 601 g/mol. The molecule has 4 aromatic carbocycles. The molecular formula is C33H35N3O6S. The number of rotatable bonds is 12. The summed E-state index contributed by atoms with van der Waals surface area (Å²) in [6.07, 6.45) is 0.545. The highest BCUT2D eigenvalue weighted by Crippen LogP contribution is 2.28. The molecule has 43 heavy (non-hydrogen) atoms. The standard InChI is InChI=1S/C33H35N3O6S/c1-23-12-15-27(16-13-23)43(39,40)36(26-9-7-8-24(2)20-26)22-32(37)35-29-11-6-5-10-28(29)33(38)34-19-18-25-14-17-30(41-3)31(21-25)42-4/h5-17,20-21H,18-19,22H2,1-4H3,(H,34,38)(H,35,37). The molecule has 9 nitrogen and oxygen atoms in total. The van der Waals surface area contributed by atoms with Gasteiger partial charge in [0.25, 0.3) is 15.9 Å². The van der Waals surface area contributed by atoms with E-state index in [1.165, 1.54) is 12.1 Å². The second-order valence-corrected chi connectivity index (χ2v) is 11.8. The molecule has 0 aliphatic rings. The average Bonchev–Trinajstić information content (AvgIpc) is 3.00. The van der Waals surface area contributed by atoms with Gasteiger partial charge in [-0.3, -0.25) is 13.9 Å². The highest BCUT2D eigenvalue weighted by Gasteiger charge is 2.28. The molecule has 0 aliphatic heterocycles. The fourth-order valence-corrected chi connectivity index (χ4v) is 5.91. The van der Waals surface area contributed by atoms with Crippen molar-refractivity contribution in [3.63, 3.8) is 0 Å². The Morgan fingerprint density at radius 3 is 2.21 bits per heavy atom. The van der Waals surface area contributed by atoms with Crippen molar-refractivity contribution < 1.29 is 27.5 Å². The third kappa shape index (κ3) is 7.72. The number of hydrogen-bond acceptors (Lipinski definition) is 6. The number of carbonyl (C=O) groups is 2. The Hall–Kier alpha value is -4.83. The van der Waals surface area contributed by atoms with Gasteiger partial charge in [0.15, 0.2) is 11.5 Å². The third-order valence-electron chi connectivity index (χ3n) is 6.78. The lowest BCUT2D eigenvalue weighted by Gasteiger charge is -2.24. The lowest BCUT2D eigenvalue weighted by molar-refractivity contribution is -0.114. The predicted molar refractivity (Wildman–Crippen MR) is 168 cm³/mol. The topological polar surface area (TPSA) is 114 Å². The van der Waals surface area contributed by atoms with Crippen molar-refractivity contribution in [2.45, 2.75) is 25.2 Å². The van der Waals surface area contributed by atoms with E-state index in [0.29, 0.717) is 30.2 Å². The molecule has 0 saturated heterocycles. The Morgan fingerprint density at radius 2 is 1.51 bits per heavy atom. The molecule has 4 rings (SSSR count). The molecule has 0 saturated carbocycles. The molecule has 0 aromatic heterocycles. The van der Waals surface area contributed by atoms with Gasteiger partial charge in [0.1, 0.15) is 6.54 Å². The van der Waals surface area contributed by atoms with Crippen LogP contribution in [0.5, 0.6) is 11.5 Å². The summed E-state index contributed by atoms with van der Waals surface area (Å²) in [5.41, 5.74) is 3.59. The zero-order chi connectivity index (χ0) is 31.0. The highest BCUT2D eigenvalue weighted by molar-refractivity contribution is 7.92. The number of nitrogens with one attached hydrogen (secondary N) is 2. The minimum Gasteiger partial charge on any atom is -0.493 e. The zero-order valence-corrected chi connectivity index (χ0v) is 25.4. The Balaban J connectivity index is 1.49. The van der Waals surface area contributed by atoms with E-state index in [-0.39, 0.29) is 22.1 Å². The SMILES string of the molecule is COc1ccc(CCNC(=O)c2ccccc2NC(=O)CN(c2cccc(C)c2)S(=O)(=O)c2ccc(C)cc2)cc1OC. The first kappa shape index (κ1) is 31.1. The zero-order valence-electron chi connectivity index (χ0n) is 24.6. The number of sulfonamides is 1. The van der Waals surface area contributed by atoms with Crippen LogP contribution < -0.4 is 24.4 Å². The maximum Gasteiger partial charge on any atom is 0.264 e. The van der Waals surface area contributed by atoms with Gasteiger partial charge in [0, 0.05) is 6.54 Å². The fraction of sp³-hybridized carbons (Fsp3) is 0.212. The Labute approximate surface area is 252 Å². The normalized spacial score (nSPS) is 11.0. The van der Waals surface area contributed by atoms with Gasteiger partial charge in [-0.25, -0.2) is 8.42 Å². The molecule has 0 atom stereocenters. The molecular weight excluding hydrogens is 566 g/mol. The van der Waals surface area contributed by atoms with Crippen LogP contribution >= 0.6 is 0 Å². The van der Waals surface area contributed by atoms with E-state index >= 15 is 0 Å². The molecule has 0 heterocycles. The summed E-state index contributed by atoms with van der Waals surface area (Å²) in [5.74, 6) is 0.248. The van der Waals surface area contributed by atoms with Crippen LogP contribution in [0.2, 0.25) is 0 Å². The molecule has 10 heteroatoms. The third-order valence-corrected chi connectivity index (χ3v) is 8.57. The van der Waals surface area contributed by atoms with Gasteiger partial charge >= 0.3 is 0 Å². The number of hydrogen-bond donors (Lipinski definition) is 2. The van der Waals surface area contributed by atoms with E-state index in [0.717, 1.165) is 21.0 Å². The highest BCUT2D eigenvalue weighted by atomic mass is 32.2. The first-order valence-corrected chi connectivity index (χ1v) is 15.1. The second kappa shape index (κ2) is 13.9. The summed E-state index contributed by atoms with van der Waals surface area (Å²) in [5, 5.41) is 5.62. The van der Waals surface area contributed by atoms with Crippen molar-refractivity contribution in [2.24, 2.45) is 0 Å². The Kier molecular flexibility index (Phi) is 10.0. The minimum atomic E-state index is -4.07. The predicted octanol–water partition coefficient (Wildman–Crippen LogP) is 5.13. The summed E-state index contributed by atoms with van der Waals surface area (Å²) in [7, 11) is -0.944. The van der Waals surface area contributed by atoms with Crippen LogP contribution in [0.4, 0.5) is 11.4 Å². The summed E-state index contributed by atoms with van der Waals surface area (Å²) >= 11 is 0. The number of ether oxygens (including phenoxy) is 2. The van der Waals surface area contributed by atoms with Crippen molar-refractivity contribution in [3.05, 3.63) is 113 Å². The molecule has 0 radical (unpaired) electrons. The van der Waals surface area contributed by atoms with Gasteiger partial charge < -0.3 is 20.1 Å². The smallest absolute Gasteiger partial charge is 0.264 e. The van der Waals surface area contributed by atoms with Gasteiger partial charge in [-0.05, 0) is 79.9 Å². The number of para-hydroxylation sites is 1. The maximum absolute atomic E-state index is 13.7. The molecule has 2 amide bonds. The van der Waals surface area contributed by atoms with Gasteiger partial charge in [-0.2, -0.15) is 0 Å². The molecule has 4 aromatic rings. The number of carbonyl (C=O) groups excluding carboxylic acids is 2. The van der Waals surface area contributed by atoms with Gasteiger partial charge in [0.2, 0.25) is 5.91 Å². The van der Waals surface area contributed by atoms with Crippen LogP contribution in [-0.2, 0) is 21.2 Å². The number of aryl methyl sites for hydroxylation is 2. The fourth-order valence-electron chi connectivity index (χ4n) is 4.50. The number of nitrogens with zero attached hydrogens (tertiary/aromatic N) is 1. The number of amides is 2. The Morgan fingerprint density at radius 1 is 0.791 bits per heavy atom. The number of benzene rings is 4. The largest absolute Gasteiger partial charge is 0.493 e. The molecule has 2 N–H and O–H groups in total. The number of methoxy groups -OCH3 is 2. The summed E-state index contributed by atoms with van der Waals surface area (Å²) < 4.78 is 39.1. The molecule has 0 bridgehead atoms. The van der Waals surface area contributed by atoms with Gasteiger partial charge in [0.05, 0.1) is 36.1 Å². The van der Waals surface area contributed by atoms with Crippen LogP contribution in [0.3, 0.4) is 0 Å². The minimum absolute atomic E-state index is 0.0710. The van der Waals surface area contributed by atoms with Crippen molar-refractivity contribution in [2.75, 3.05) is 36.9 Å². The first-order valence-electron chi connectivity index (χ1n) is 13.7. The summed E-state index contributed by atoms with van der Waals surface area (Å²) in [6.45, 7) is 3.56. The quantitative estimate of drug-likeness (QED) is 0.233. The first-order chi connectivity index (χ1) is 20.6. The molecule has 224 valence electrons. The van der Waals surface area contributed by atoms with Crippen molar-refractivity contribution in [3.8, 4) is 11.5 Å². The summed E-state index contributed by atoms with van der Waals surface area (Å²) in [4.78, 5) is 26.5. The van der Waals surface area contributed by atoms with Crippen molar-refractivity contribution >= 4 is 33.2 Å². The van der Waals surface area contributed by atoms with Gasteiger partial charge in [-0.15, -0.1) is 0 Å². The lowest BCUT2D eigenvalue weighted by atomic mass is 10.1. The van der Waals surface area contributed by atoms with E-state index in [9.17, 15) is 18.0 Å². The van der Waals surface area contributed by atoms with E-state index in [1.807, 2.05) is 32.0 Å². The van der Waals surface area contributed by atoms with Crippen LogP contribution in [0.15, 0.2) is 95.9 Å². The van der Waals surface area contributed by atoms with E-state index < -0.39 is 22.5 Å². The van der Waals surface area contributed by atoms with Crippen molar-refractivity contribution in [1.29, 1.82) is 0 Å². The molecule has 0 spiro atoms. The van der Waals surface area contributed by atoms with E-state index in [1.54, 1.807) is 74.9 Å². The van der Waals surface area contributed by atoms with E-state index in [4.69, 9.17) is 9.47 Å². The van der Waals surface area contributed by atoms with Gasteiger partial charge in [-0.1, -0.05) is 48.0 Å². The maximum atomic E-state index is 13.7. The molecule has 0 aliphatic carbocycles. The average molecular weight is 602 g/mol. The second-order valence-electron chi connectivity index (χ2n) is 9.95. The van der Waals surface area contributed by atoms with Crippen LogP contribution in [-0.4, -0.2) is 47.5 Å². The van der Waals surface area contributed by atoms with Crippen LogP contribution in [0.25, 0.3) is 0 Å². The van der Waals surface area contributed by atoms with Crippen LogP contribution in [0.1, 0.15) is 27.0 Å². The van der Waals surface area contributed by atoms with E-state index in [2.05, 4.69) is 10.6 Å².